The van der Waals surface area contributed by atoms with E-state index < -0.39 is 0 Å². The van der Waals surface area contributed by atoms with Crippen molar-refractivity contribution in [2.24, 2.45) is 5.73 Å². The average Bonchev–Trinajstić information content (AvgIpc) is 2.77. The van der Waals surface area contributed by atoms with Gasteiger partial charge in [0.25, 0.3) is 0 Å². The van der Waals surface area contributed by atoms with E-state index in [1.807, 2.05) is 23.4 Å². The highest BCUT2D eigenvalue weighted by Gasteiger charge is 2.16. The second-order valence-electron chi connectivity index (χ2n) is 4.24. The monoisotopic (exact) mass is 436 g/mol. The van der Waals surface area contributed by atoms with Crippen LogP contribution >= 0.6 is 55.4 Å². The number of rotatable bonds is 4. The molecule has 2 N–H and O–H groups in total. The van der Waals surface area contributed by atoms with Crippen LogP contribution in [0.3, 0.4) is 0 Å². The molecule has 0 aliphatic rings. The molecule has 106 valence electrons. The minimum Gasteiger partial charge on any atom is -0.389 e. The lowest BCUT2D eigenvalue weighted by Gasteiger charge is -2.20. The molecule has 0 amide bonds. The molecule has 0 spiro atoms. The van der Waals surface area contributed by atoms with Crippen LogP contribution in [0, 0.1) is 5.82 Å². The summed E-state index contributed by atoms with van der Waals surface area (Å²) in [6.45, 7) is 0.623. The first-order valence-electron chi connectivity index (χ1n) is 5.62. The second kappa shape index (κ2) is 6.51. The Kier molecular flexibility index (Phi) is 5.17. The lowest BCUT2D eigenvalue weighted by Crippen LogP contribution is -2.19. The van der Waals surface area contributed by atoms with Crippen molar-refractivity contribution in [1.82, 2.24) is 0 Å². The summed E-state index contributed by atoms with van der Waals surface area (Å²) in [5.74, 6) is -0.355. The van der Waals surface area contributed by atoms with Gasteiger partial charge in [-0.05, 0) is 61.0 Å². The summed E-state index contributed by atoms with van der Waals surface area (Å²) in [6, 6.07) is 5.44. The van der Waals surface area contributed by atoms with Gasteiger partial charge in [0, 0.05) is 19.2 Å². The third-order valence-electron chi connectivity index (χ3n) is 2.78. The number of thiocarbonyl (C=S) groups is 1. The van der Waals surface area contributed by atoms with Crippen molar-refractivity contribution < 1.29 is 4.39 Å². The fourth-order valence-electron chi connectivity index (χ4n) is 1.81. The molecule has 1 aromatic carbocycles. The van der Waals surface area contributed by atoms with Crippen LogP contribution in [0.25, 0.3) is 0 Å². The maximum atomic E-state index is 14.4. The summed E-state index contributed by atoms with van der Waals surface area (Å²) in [6.07, 6.45) is 0. The molecule has 2 nitrogen and oxygen atoms in total. The van der Waals surface area contributed by atoms with Crippen LogP contribution < -0.4 is 10.6 Å². The van der Waals surface area contributed by atoms with Crippen LogP contribution in [0.15, 0.2) is 31.8 Å². The Morgan fingerprint density at radius 1 is 1.45 bits per heavy atom. The number of hydrogen-bond acceptors (Lipinski definition) is 3. The van der Waals surface area contributed by atoms with Crippen LogP contribution in [0.5, 0.6) is 0 Å². The fourth-order valence-corrected chi connectivity index (χ4v) is 3.86. The molecule has 0 aliphatic carbocycles. The highest BCUT2D eigenvalue weighted by Crippen LogP contribution is 2.30. The van der Waals surface area contributed by atoms with E-state index in [0.29, 0.717) is 22.3 Å². The van der Waals surface area contributed by atoms with Crippen molar-refractivity contribution in [1.29, 1.82) is 0 Å². The van der Waals surface area contributed by atoms with Gasteiger partial charge in [-0.25, -0.2) is 4.39 Å². The number of thiophene rings is 1. The zero-order valence-corrected chi connectivity index (χ0v) is 15.3. The largest absolute Gasteiger partial charge is 0.389 e. The highest BCUT2D eigenvalue weighted by molar-refractivity contribution is 9.11. The standard InChI is InChI=1S/C13H11Br2FN2S2/c1-18(5-7-4-10(14)20-6-7)9-3-2-8(13(17)19)11(15)12(9)16/h2-4,6H,5H2,1H3,(H2,17,19). The quantitative estimate of drug-likeness (QED) is 0.704. The molecular weight excluding hydrogens is 427 g/mol. The topological polar surface area (TPSA) is 29.3 Å². The SMILES string of the molecule is CN(Cc1csc(Br)c1)c1ccc(C(N)=S)c(Br)c1F. The molecule has 0 saturated heterocycles. The van der Waals surface area contributed by atoms with Crippen molar-refractivity contribution in [3.63, 3.8) is 0 Å². The van der Waals surface area contributed by atoms with Crippen LogP contribution in [0.4, 0.5) is 10.1 Å². The molecule has 0 unspecified atom stereocenters. The Hall–Kier alpha value is -0.500. The third-order valence-corrected chi connectivity index (χ3v) is 5.33. The van der Waals surface area contributed by atoms with Gasteiger partial charge in [0.05, 0.1) is 13.9 Å². The zero-order valence-electron chi connectivity index (χ0n) is 10.5. The smallest absolute Gasteiger partial charge is 0.161 e. The maximum Gasteiger partial charge on any atom is 0.161 e. The molecule has 2 aromatic rings. The molecule has 7 heteroatoms. The summed E-state index contributed by atoms with van der Waals surface area (Å²) in [5.41, 5.74) is 7.68. The Bertz CT molecular complexity index is 658. The lowest BCUT2D eigenvalue weighted by molar-refractivity contribution is 0.615. The number of anilines is 1. The lowest BCUT2D eigenvalue weighted by atomic mass is 10.1. The molecule has 0 bridgehead atoms. The predicted molar refractivity (Wildman–Crippen MR) is 94.1 cm³/mol. The summed E-state index contributed by atoms with van der Waals surface area (Å²) in [5, 5.41) is 2.04. The van der Waals surface area contributed by atoms with E-state index in [1.54, 1.807) is 23.5 Å². The van der Waals surface area contributed by atoms with E-state index in [0.717, 1.165) is 9.35 Å². The van der Waals surface area contributed by atoms with Gasteiger partial charge < -0.3 is 10.6 Å². The van der Waals surface area contributed by atoms with Crippen LogP contribution in [-0.2, 0) is 6.54 Å². The van der Waals surface area contributed by atoms with Crippen LogP contribution in [-0.4, -0.2) is 12.0 Å². The molecule has 20 heavy (non-hydrogen) atoms. The number of nitrogens with two attached hydrogens (primary N) is 1. The summed E-state index contributed by atoms with van der Waals surface area (Å²) in [4.78, 5) is 2.02. The van der Waals surface area contributed by atoms with Crippen LogP contribution in [0.1, 0.15) is 11.1 Å². The summed E-state index contributed by atoms with van der Waals surface area (Å²) >= 11 is 13.1. The van der Waals surface area contributed by atoms with E-state index in [9.17, 15) is 4.39 Å². The molecule has 2 rings (SSSR count). The van der Waals surface area contributed by atoms with Crippen molar-refractivity contribution in [2.45, 2.75) is 6.54 Å². The van der Waals surface area contributed by atoms with Crippen LogP contribution in [0.2, 0.25) is 0 Å². The number of nitrogens with zero attached hydrogens (tertiary/aromatic N) is 1. The summed E-state index contributed by atoms with van der Waals surface area (Å²) in [7, 11) is 1.84. The first-order chi connectivity index (χ1) is 9.40. The van der Waals surface area contributed by atoms with E-state index in [4.69, 9.17) is 18.0 Å². The van der Waals surface area contributed by atoms with Gasteiger partial charge in [-0.2, -0.15) is 0 Å². The van der Waals surface area contributed by atoms with E-state index in [1.165, 1.54) is 0 Å². The highest BCUT2D eigenvalue weighted by atomic mass is 79.9. The van der Waals surface area contributed by atoms with Crippen molar-refractivity contribution in [3.8, 4) is 0 Å². The normalized spacial score (nSPS) is 10.6. The number of hydrogen-bond donors (Lipinski definition) is 1. The van der Waals surface area contributed by atoms with Gasteiger partial charge in [-0.3, -0.25) is 0 Å². The van der Waals surface area contributed by atoms with Crippen molar-refractivity contribution in [3.05, 3.63) is 48.8 Å². The maximum absolute atomic E-state index is 14.4. The van der Waals surface area contributed by atoms with Gasteiger partial charge in [0.2, 0.25) is 0 Å². The van der Waals surface area contributed by atoms with Gasteiger partial charge in [-0.1, -0.05) is 12.2 Å². The fraction of sp³-hybridized carbons (Fsp3) is 0.154. The van der Waals surface area contributed by atoms with Crippen molar-refractivity contribution >= 4 is 66.1 Å². The number of halogens is 3. The van der Waals surface area contributed by atoms with Gasteiger partial charge in [0.1, 0.15) is 4.99 Å². The minimum atomic E-state index is -0.355. The van der Waals surface area contributed by atoms with Crippen molar-refractivity contribution in [2.75, 3.05) is 11.9 Å². The molecule has 0 aliphatic heterocycles. The zero-order chi connectivity index (χ0) is 14.9. The minimum absolute atomic E-state index is 0.173. The van der Waals surface area contributed by atoms with E-state index >= 15 is 0 Å². The molecule has 0 atom stereocenters. The van der Waals surface area contributed by atoms with Gasteiger partial charge >= 0.3 is 0 Å². The Labute approximate surface area is 143 Å². The molecule has 1 aromatic heterocycles. The first-order valence-corrected chi connectivity index (χ1v) is 8.49. The second-order valence-corrected chi connectivity index (χ2v) is 7.76. The average molecular weight is 438 g/mol. The third kappa shape index (κ3) is 3.39. The Morgan fingerprint density at radius 3 is 2.70 bits per heavy atom. The molecule has 1 heterocycles. The Balaban J connectivity index is 2.28. The molecule has 0 radical (unpaired) electrons. The van der Waals surface area contributed by atoms with E-state index in [2.05, 4.69) is 31.9 Å². The van der Waals surface area contributed by atoms with Gasteiger partial charge in [-0.15, -0.1) is 11.3 Å². The first kappa shape index (κ1) is 15.9. The van der Waals surface area contributed by atoms with E-state index in [-0.39, 0.29) is 10.8 Å². The summed E-state index contributed by atoms with van der Waals surface area (Å²) < 4.78 is 15.7. The predicted octanol–water partition coefficient (Wildman–Crippen LogP) is 4.68. The number of benzene rings is 1. The van der Waals surface area contributed by atoms with Gasteiger partial charge in [0.15, 0.2) is 5.82 Å². The molecule has 0 fully saturated rings. The molecule has 0 saturated carbocycles. The Morgan fingerprint density at radius 2 is 2.15 bits per heavy atom. The molecular formula is C13H11Br2FN2S2.